The highest BCUT2D eigenvalue weighted by atomic mass is 31.2. The van der Waals surface area contributed by atoms with Crippen molar-refractivity contribution in [2.24, 2.45) is 0 Å². The van der Waals surface area contributed by atoms with Gasteiger partial charge in [-0.15, -0.1) is 0 Å². The predicted octanol–water partition coefficient (Wildman–Crippen LogP) is 2.30. The van der Waals surface area contributed by atoms with Gasteiger partial charge in [0.25, 0.3) is 0 Å². The number of benzene rings is 1. The molecule has 0 radical (unpaired) electrons. The molecule has 0 atom stereocenters. The average Bonchev–Trinajstić information content (AvgIpc) is 2.33. The van der Waals surface area contributed by atoms with Crippen LogP contribution in [0.3, 0.4) is 0 Å². The van der Waals surface area contributed by atoms with Crippen LogP contribution in [0, 0.1) is 0 Å². The number of anilines is 1. The molecule has 1 rings (SSSR count). The van der Waals surface area contributed by atoms with Crippen LogP contribution in [0.2, 0.25) is 0 Å². The molecule has 1 aromatic carbocycles. The Morgan fingerprint density at radius 2 is 2.00 bits per heavy atom. The summed E-state index contributed by atoms with van der Waals surface area (Å²) in [5.74, 6) is -0.295. The quantitative estimate of drug-likeness (QED) is 0.455. The Bertz CT molecular complexity index is 533. The first-order valence-electron chi connectivity index (χ1n) is 5.74. The lowest BCUT2D eigenvalue weighted by molar-refractivity contribution is 0.0924. The second-order valence-corrected chi connectivity index (χ2v) is 7.47. The Kier molecular flexibility index (Phi) is 5.04. The monoisotopic (exact) mass is 283 g/mol. The molecule has 0 aliphatic rings. The first-order valence-corrected chi connectivity index (χ1v) is 8.26. The van der Waals surface area contributed by atoms with Gasteiger partial charge in [-0.05, 0) is 12.1 Å². The molecular weight excluding hydrogens is 265 g/mol. The Labute approximate surface area is 113 Å². The molecule has 0 bridgehead atoms. The molecule has 6 heteroatoms. The molecule has 0 N–H and O–H groups in total. The summed E-state index contributed by atoms with van der Waals surface area (Å²) in [4.78, 5) is 24.8. The van der Waals surface area contributed by atoms with E-state index in [0.29, 0.717) is 23.1 Å². The first kappa shape index (κ1) is 15.6. The largest absolute Gasteiger partial charge is 0.376 e. The summed E-state index contributed by atoms with van der Waals surface area (Å²) in [6, 6.07) is 4.91. The number of nitrogens with zero attached hydrogens (tertiary/aromatic N) is 1. The van der Waals surface area contributed by atoms with Gasteiger partial charge in [-0.25, -0.2) is 0 Å². The SMILES string of the molecule is CN(C)c1c(C=O)cccc1C(=O)COP(C)(C)=O. The van der Waals surface area contributed by atoms with E-state index in [1.54, 1.807) is 37.2 Å². The Morgan fingerprint density at radius 1 is 1.37 bits per heavy atom. The van der Waals surface area contributed by atoms with Crippen LogP contribution in [-0.4, -0.2) is 46.1 Å². The minimum Gasteiger partial charge on any atom is -0.376 e. The number of aldehydes is 1. The topological polar surface area (TPSA) is 63.7 Å². The molecule has 5 nitrogen and oxygen atoms in total. The second-order valence-electron chi connectivity index (χ2n) is 4.70. The summed E-state index contributed by atoms with van der Waals surface area (Å²) in [5.41, 5.74) is 1.38. The number of para-hydroxylation sites is 1. The predicted molar refractivity (Wildman–Crippen MR) is 75.9 cm³/mol. The van der Waals surface area contributed by atoms with E-state index in [4.69, 9.17) is 4.52 Å². The van der Waals surface area contributed by atoms with Crippen molar-refractivity contribution < 1.29 is 18.7 Å². The lowest BCUT2D eigenvalue weighted by Gasteiger charge is -2.19. The zero-order valence-electron chi connectivity index (χ0n) is 11.5. The van der Waals surface area contributed by atoms with E-state index in [0.717, 1.165) is 0 Å². The van der Waals surface area contributed by atoms with Crippen molar-refractivity contribution >= 4 is 25.1 Å². The molecule has 104 valence electrons. The van der Waals surface area contributed by atoms with Crippen LogP contribution in [0.25, 0.3) is 0 Å². The molecule has 0 saturated carbocycles. The lowest BCUT2D eigenvalue weighted by Crippen LogP contribution is -2.18. The summed E-state index contributed by atoms with van der Waals surface area (Å²) < 4.78 is 16.5. The maximum Gasteiger partial charge on any atom is 0.197 e. The van der Waals surface area contributed by atoms with Crippen molar-refractivity contribution in [3.63, 3.8) is 0 Å². The maximum atomic E-state index is 12.1. The number of hydrogen-bond donors (Lipinski definition) is 0. The van der Waals surface area contributed by atoms with Gasteiger partial charge < -0.3 is 9.42 Å². The van der Waals surface area contributed by atoms with Crippen molar-refractivity contribution in [1.29, 1.82) is 0 Å². The van der Waals surface area contributed by atoms with Gasteiger partial charge in [-0.1, -0.05) is 6.07 Å². The van der Waals surface area contributed by atoms with Gasteiger partial charge in [0, 0.05) is 38.6 Å². The summed E-state index contributed by atoms with van der Waals surface area (Å²) in [5, 5.41) is 0. The van der Waals surface area contributed by atoms with Crippen molar-refractivity contribution in [1.82, 2.24) is 0 Å². The average molecular weight is 283 g/mol. The van der Waals surface area contributed by atoms with Gasteiger partial charge in [0.2, 0.25) is 0 Å². The Morgan fingerprint density at radius 3 is 2.47 bits per heavy atom. The lowest BCUT2D eigenvalue weighted by atomic mass is 10.0. The molecule has 0 fully saturated rings. The van der Waals surface area contributed by atoms with Crippen LogP contribution < -0.4 is 4.90 Å². The summed E-state index contributed by atoms with van der Waals surface area (Å²) in [6.45, 7) is 2.65. The van der Waals surface area contributed by atoms with Gasteiger partial charge in [-0.2, -0.15) is 0 Å². The van der Waals surface area contributed by atoms with Crippen LogP contribution >= 0.6 is 7.37 Å². The summed E-state index contributed by atoms with van der Waals surface area (Å²) in [7, 11) is 0.807. The van der Waals surface area contributed by atoms with Crippen LogP contribution in [0.1, 0.15) is 20.7 Å². The van der Waals surface area contributed by atoms with Crippen molar-refractivity contribution in [2.45, 2.75) is 0 Å². The van der Waals surface area contributed by atoms with Crippen molar-refractivity contribution in [2.75, 3.05) is 38.9 Å². The number of hydrogen-bond acceptors (Lipinski definition) is 5. The molecule has 0 aliphatic carbocycles. The minimum atomic E-state index is -2.70. The first-order chi connectivity index (χ1) is 8.76. The summed E-state index contributed by atoms with van der Waals surface area (Å²) in [6.07, 6.45) is 0.706. The van der Waals surface area contributed by atoms with E-state index < -0.39 is 7.37 Å². The number of rotatable bonds is 6. The van der Waals surface area contributed by atoms with Crippen LogP contribution in [0.5, 0.6) is 0 Å². The van der Waals surface area contributed by atoms with E-state index in [2.05, 4.69) is 0 Å². The van der Waals surface area contributed by atoms with Gasteiger partial charge in [0.1, 0.15) is 6.61 Å². The van der Waals surface area contributed by atoms with E-state index in [1.807, 2.05) is 0 Å². The normalized spacial score (nSPS) is 11.2. The third-order valence-electron chi connectivity index (χ3n) is 2.45. The van der Waals surface area contributed by atoms with E-state index in [-0.39, 0.29) is 12.4 Å². The molecule has 0 aromatic heterocycles. The molecule has 0 unspecified atom stereocenters. The van der Waals surface area contributed by atoms with Crippen LogP contribution in [0.4, 0.5) is 5.69 Å². The highest BCUT2D eigenvalue weighted by molar-refractivity contribution is 7.57. The third-order valence-corrected chi connectivity index (χ3v) is 3.20. The molecule has 0 heterocycles. The minimum absolute atomic E-state index is 0.257. The van der Waals surface area contributed by atoms with Gasteiger partial charge >= 0.3 is 0 Å². The van der Waals surface area contributed by atoms with E-state index in [1.165, 1.54) is 13.3 Å². The van der Waals surface area contributed by atoms with Gasteiger partial charge in [0.15, 0.2) is 19.4 Å². The third kappa shape index (κ3) is 4.30. The molecule has 19 heavy (non-hydrogen) atoms. The number of carbonyl (C=O) groups is 2. The smallest absolute Gasteiger partial charge is 0.197 e. The number of ketones is 1. The highest BCUT2D eigenvalue weighted by Gasteiger charge is 2.18. The molecular formula is C13H18NO4P. The Hall–Kier alpha value is -1.45. The maximum absolute atomic E-state index is 12.1. The van der Waals surface area contributed by atoms with Crippen molar-refractivity contribution in [3.05, 3.63) is 29.3 Å². The van der Waals surface area contributed by atoms with E-state index >= 15 is 0 Å². The molecule has 0 amide bonds. The fourth-order valence-electron chi connectivity index (χ4n) is 1.67. The fourth-order valence-corrected chi connectivity index (χ4v) is 2.10. The molecule has 0 spiro atoms. The Balaban J connectivity index is 3.09. The van der Waals surface area contributed by atoms with E-state index in [9.17, 15) is 14.2 Å². The summed E-state index contributed by atoms with van der Waals surface area (Å²) >= 11 is 0. The second kappa shape index (κ2) is 6.13. The zero-order chi connectivity index (χ0) is 14.6. The van der Waals surface area contributed by atoms with Crippen LogP contribution in [-0.2, 0) is 9.09 Å². The van der Waals surface area contributed by atoms with Gasteiger partial charge in [-0.3, -0.25) is 14.2 Å². The fraction of sp³-hybridized carbons (Fsp3) is 0.385. The van der Waals surface area contributed by atoms with Crippen molar-refractivity contribution in [3.8, 4) is 0 Å². The zero-order valence-corrected chi connectivity index (χ0v) is 12.4. The highest BCUT2D eigenvalue weighted by Crippen LogP contribution is 2.37. The molecule has 0 aliphatic heterocycles. The van der Waals surface area contributed by atoms with Crippen LogP contribution in [0.15, 0.2) is 18.2 Å². The number of Topliss-reactive ketones (excluding diaryl/α,β-unsaturated/α-hetero) is 1. The molecule has 0 saturated heterocycles. The molecule has 1 aromatic rings. The van der Waals surface area contributed by atoms with Gasteiger partial charge in [0.05, 0.1) is 5.69 Å². The number of carbonyl (C=O) groups excluding carboxylic acids is 2. The standard InChI is InChI=1S/C13H18NO4P/c1-14(2)13-10(8-15)6-5-7-11(13)12(16)9-18-19(3,4)17/h5-8H,9H2,1-4H3.